The van der Waals surface area contributed by atoms with Crippen molar-refractivity contribution < 1.29 is 32.9 Å². The zero-order valence-corrected chi connectivity index (χ0v) is 35.9. The minimum absolute atomic E-state index is 0.0518. The van der Waals surface area contributed by atoms with Crippen LogP contribution in [0.15, 0.2) is 48.6 Å². The quantitative estimate of drug-likeness (QED) is 0.0250. The Hall–Kier alpha value is -1.54. The van der Waals surface area contributed by atoms with E-state index in [9.17, 15) is 19.4 Å². The first kappa shape index (κ1) is 51.5. The van der Waals surface area contributed by atoms with Crippen molar-refractivity contribution in [2.45, 2.75) is 187 Å². The topological polar surface area (TPSA) is 105 Å². The molecule has 0 spiro atoms. The van der Waals surface area contributed by atoms with Gasteiger partial charge in [0, 0.05) is 6.42 Å². The maximum absolute atomic E-state index is 12.8. The minimum Gasteiger partial charge on any atom is -0.387 e. The number of aliphatic hydroxyl groups is 1. The van der Waals surface area contributed by atoms with Gasteiger partial charge in [0.15, 0.2) is 0 Å². The lowest BCUT2D eigenvalue weighted by Gasteiger charge is -2.25. The number of hydrogen-bond donors (Lipinski definition) is 3. The molecule has 1 amide bonds. The number of carbonyl (C=O) groups excluding carboxylic acids is 1. The summed E-state index contributed by atoms with van der Waals surface area (Å²) in [4.78, 5) is 23.0. The second-order valence-electron chi connectivity index (χ2n) is 15.7. The number of rotatable bonds is 38. The summed E-state index contributed by atoms with van der Waals surface area (Å²) >= 11 is 0. The fourth-order valence-corrected chi connectivity index (χ4v) is 6.53. The number of hydrogen-bond acceptors (Lipinski definition) is 5. The van der Waals surface area contributed by atoms with E-state index in [2.05, 4.69) is 55.6 Å². The van der Waals surface area contributed by atoms with E-state index in [1.807, 2.05) is 27.2 Å². The van der Waals surface area contributed by atoms with Gasteiger partial charge in [-0.15, -0.1) is 0 Å². The van der Waals surface area contributed by atoms with Crippen LogP contribution in [0.5, 0.6) is 0 Å². The van der Waals surface area contributed by atoms with Gasteiger partial charge < -0.3 is 19.8 Å². The van der Waals surface area contributed by atoms with Gasteiger partial charge in [-0.25, -0.2) is 4.57 Å². The first-order valence-electron chi connectivity index (χ1n) is 21.5. The lowest BCUT2D eigenvalue weighted by Crippen LogP contribution is -2.45. The minimum atomic E-state index is -4.35. The van der Waals surface area contributed by atoms with E-state index in [4.69, 9.17) is 9.05 Å². The van der Waals surface area contributed by atoms with E-state index in [1.54, 1.807) is 6.08 Å². The molecular weight excluding hydrogens is 683 g/mol. The van der Waals surface area contributed by atoms with Crippen LogP contribution >= 0.6 is 7.82 Å². The molecule has 0 fully saturated rings. The summed E-state index contributed by atoms with van der Waals surface area (Å²) < 4.78 is 23.5. The van der Waals surface area contributed by atoms with Crippen LogP contribution in [0.3, 0.4) is 0 Å². The molecule has 0 rings (SSSR count). The predicted molar refractivity (Wildman–Crippen MR) is 226 cm³/mol. The van der Waals surface area contributed by atoms with Gasteiger partial charge in [-0.05, 0) is 57.8 Å². The van der Waals surface area contributed by atoms with Gasteiger partial charge in [-0.2, -0.15) is 0 Å². The molecule has 0 aliphatic rings. The van der Waals surface area contributed by atoms with E-state index in [0.29, 0.717) is 17.4 Å². The third kappa shape index (κ3) is 38.5. The lowest BCUT2D eigenvalue weighted by atomic mass is 10.0. The van der Waals surface area contributed by atoms with E-state index < -0.39 is 20.0 Å². The second kappa shape index (κ2) is 36.1. The number of phosphoric ester groups is 1. The summed E-state index contributed by atoms with van der Waals surface area (Å²) in [5.74, 6) is -0.204. The molecule has 53 heavy (non-hydrogen) atoms. The number of amides is 1. The highest BCUT2D eigenvalue weighted by Crippen LogP contribution is 2.43. The smallest absolute Gasteiger partial charge is 0.387 e. The Morgan fingerprint density at radius 3 is 1.70 bits per heavy atom. The molecule has 0 aliphatic heterocycles. The Bertz CT molecular complexity index is 1010. The first-order valence-corrected chi connectivity index (χ1v) is 23.0. The standard InChI is InChI=1S/C44H83N2O6P/c1-6-8-10-12-14-16-18-20-21-22-23-24-26-27-29-31-33-35-37-43(47)42(41-52-53(49,50)51-40-39-46(3,4)5)45-44(48)38-36-34-32-30-28-25-19-17-15-13-11-9-7-2/h11,13,17,19,27,29,35,37,42-43,47H,6-10,12,14-16,18,20-26,28,30-34,36,38-41H2,1-5H3,(H-,45,48,49,50)/p+1/b13-11-,19-17-,29-27+,37-35+. The second-order valence-corrected chi connectivity index (χ2v) is 17.2. The van der Waals surface area contributed by atoms with Crippen LogP contribution in [0.2, 0.25) is 0 Å². The van der Waals surface area contributed by atoms with E-state index in [1.165, 1.54) is 83.5 Å². The molecule has 0 aromatic rings. The molecule has 0 bridgehead atoms. The molecule has 0 aliphatic carbocycles. The van der Waals surface area contributed by atoms with Crippen molar-refractivity contribution in [3.05, 3.63) is 48.6 Å². The monoisotopic (exact) mass is 768 g/mol. The molecule has 0 saturated carbocycles. The van der Waals surface area contributed by atoms with Crippen LogP contribution in [-0.4, -0.2) is 73.4 Å². The van der Waals surface area contributed by atoms with Crippen LogP contribution < -0.4 is 5.32 Å². The number of quaternary nitrogens is 1. The number of phosphoric acid groups is 1. The van der Waals surface area contributed by atoms with Crippen LogP contribution in [-0.2, 0) is 18.4 Å². The number of allylic oxidation sites excluding steroid dienone is 7. The number of nitrogens with one attached hydrogen (secondary N) is 1. The van der Waals surface area contributed by atoms with Crippen molar-refractivity contribution in [1.82, 2.24) is 5.32 Å². The summed E-state index contributed by atoms with van der Waals surface area (Å²) in [5, 5.41) is 13.8. The van der Waals surface area contributed by atoms with Gasteiger partial charge in [0.2, 0.25) is 5.91 Å². The van der Waals surface area contributed by atoms with E-state index in [0.717, 1.165) is 70.6 Å². The van der Waals surface area contributed by atoms with Gasteiger partial charge in [-0.1, -0.05) is 159 Å². The Kier molecular flexibility index (Phi) is 35.1. The molecule has 0 aromatic carbocycles. The molecule has 0 saturated heterocycles. The molecular formula is C44H84N2O6P+. The molecule has 0 heterocycles. The number of likely N-dealkylation sites (N-methyl/N-ethyl adjacent to an activating group) is 1. The maximum Gasteiger partial charge on any atom is 0.472 e. The Morgan fingerprint density at radius 1 is 0.642 bits per heavy atom. The number of carbonyl (C=O) groups is 1. The SMILES string of the molecule is CCC/C=C\C/C=C\CCCCCCCC(=O)NC(COP(=O)(O)OCC[N+](C)(C)C)C(O)/C=C/CC/C=C/CCCCCCCCCCCCCC. The molecule has 0 aromatic heterocycles. The Labute approximate surface area is 327 Å². The highest BCUT2D eigenvalue weighted by atomic mass is 31.2. The highest BCUT2D eigenvalue weighted by molar-refractivity contribution is 7.47. The van der Waals surface area contributed by atoms with Crippen molar-refractivity contribution in [2.24, 2.45) is 0 Å². The average Bonchev–Trinajstić information content (AvgIpc) is 3.10. The van der Waals surface area contributed by atoms with Crippen molar-refractivity contribution in [2.75, 3.05) is 40.9 Å². The van der Waals surface area contributed by atoms with Crippen LogP contribution in [0.25, 0.3) is 0 Å². The molecule has 9 heteroatoms. The maximum atomic E-state index is 12.8. The Balaban J connectivity index is 4.52. The molecule has 8 nitrogen and oxygen atoms in total. The fourth-order valence-electron chi connectivity index (χ4n) is 5.80. The van der Waals surface area contributed by atoms with Crippen molar-refractivity contribution in [3.8, 4) is 0 Å². The number of unbranched alkanes of at least 4 members (excludes halogenated alkanes) is 19. The van der Waals surface area contributed by atoms with E-state index >= 15 is 0 Å². The van der Waals surface area contributed by atoms with Crippen LogP contribution in [0.4, 0.5) is 0 Å². The number of aliphatic hydroxyl groups excluding tert-OH is 1. The third-order valence-corrected chi connectivity index (χ3v) is 10.2. The molecule has 3 N–H and O–H groups in total. The lowest BCUT2D eigenvalue weighted by molar-refractivity contribution is -0.870. The number of nitrogens with zero attached hydrogens (tertiary/aromatic N) is 1. The summed E-state index contributed by atoms with van der Waals surface area (Å²) in [5.41, 5.74) is 0. The Morgan fingerprint density at radius 2 is 1.13 bits per heavy atom. The largest absolute Gasteiger partial charge is 0.472 e. The predicted octanol–water partition coefficient (Wildman–Crippen LogP) is 11.7. The molecule has 3 atom stereocenters. The van der Waals surface area contributed by atoms with Crippen molar-refractivity contribution in [1.29, 1.82) is 0 Å². The third-order valence-electron chi connectivity index (χ3n) is 9.25. The van der Waals surface area contributed by atoms with Crippen LogP contribution in [0.1, 0.15) is 174 Å². The summed E-state index contributed by atoms with van der Waals surface area (Å²) in [7, 11) is 1.54. The van der Waals surface area contributed by atoms with Crippen molar-refractivity contribution in [3.63, 3.8) is 0 Å². The highest BCUT2D eigenvalue weighted by Gasteiger charge is 2.27. The zero-order valence-electron chi connectivity index (χ0n) is 35.0. The summed E-state index contributed by atoms with van der Waals surface area (Å²) in [6.45, 7) is 4.70. The average molecular weight is 768 g/mol. The van der Waals surface area contributed by atoms with Crippen LogP contribution in [0, 0.1) is 0 Å². The molecule has 310 valence electrons. The van der Waals surface area contributed by atoms with E-state index in [-0.39, 0.29) is 19.1 Å². The zero-order chi connectivity index (χ0) is 39.3. The first-order chi connectivity index (χ1) is 25.5. The van der Waals surface area contributed by atoms with Gasteiger partial charge in [-0.3, -0.25) is 13.8 Å². The van der Waals surface area contributed by atoms with Gasteiger partial charge in [0.05, 0.1) is 39.9 Å². The summed E-state index contributed by atoms with van der Waals surface area (Å²) in [6.07, 6.45) is 44.7. The van der Waals surface area contributed by atoms with Crippen molar-refractivity contribution >= 4 is 13.7 Å². The van der Waals surface area contributed by atoms with Gasteiger partial charge in [0.1, 0.15) is 13.2 Å². The molecule has 0 radical (unpaired) electrons. The van der Waals surface area contributed by atoms with Gasteiger partial charge >= 0.3 is 7.82 Å². The normalized spacial score (nSPS) is 14.9. The fraction of sp³-hybridized carbons (Fsp3) is 0.795. The summed E-state index contributed by atoms with van der Waals surface area (Å²) in [6, 6.07) is -0.869. The van der Waals surface area contributed by atoms with Gasteiger partial charge in [0.25, 0.3) is 0 Å². The molecule has 3 unspecified atom stereocenters.